The van der Waals surface area contributed by atoms with Gasteiger partial charge >= 0.3 is 0 Å². The van der Waals surface area contributed by atoms with Crippen LogP contribution in [0.2, 0.25) is 0 Å². The maximum absolute atomic E-state index is 5.07. The molecule has 0 aromatic heterocycles. The fourth-order valence-electron chi connectivity index (χ4n) is 4.52. The number of dihydropyridines is 1. The topological polar surface area (TPSA) is 24.5 Å². The molecule has 1 saturated heterocycles. The zero-order chi connectivity index (χ0) is 30.2. The van der Waals surface area contributed by atoms with Crippen LogP contribution in [0.4, 0.5) is 0 Å². The van der Waals surface area contributed by atoms with Gasteiger partial charge in [-0.25, -0.2) is 0 Å². The average molecular weight is 551 g/mol. The van der Waals surface area contributed by atoms with Crippen LogP contribution >= 0.6 is 0 Å². The molecule has 40 heavy (non-hydrogen) atoms. The van der Waals surface area contributed by atoms with Gasteiger partial charge in [-0.2, -0.15) is 0 Å². The Morgan fingerprint density at radius 1 is 1.02 bits per heavy atom. The van der Waals surface area contributed by atoms with Crippen LogP contribution in [0.5, 0.6) is 0 Å². The van der Waals surface area contributed by atoms with Crippen LogP contribution in [-0.4, -0.2) is 38.3 Å². The minimum absolute atomic E-state index is 0. The first-order valence-electron chi connectivity index (χ1n) is 15.7. The number of rotatable bonds is 10. The summed E-state index contributed by atoms with van der Waals surface area (Å²) in [5.41, 5.74) is 7.39. The van der Waals surface area contributed by atoms with Crippen LogP contribution in [0.3, 0.4) is 0 Å². The summed E-state index contributed by atoms with van der Waals surface area (Å²) < 4.78 is 5.07. The van der Waals surface area contributed by atoms with Crippen molar-refractivity contribution in [1.82, 2.24) is 10.2 Å². The summed E-state index contributed by atoms with van der Waals surface area (Å²) in [6.07, 6.45) is 23.9. The van der Waals surface area contributed by atoms with E-state index in [0.717, 1.165) is 25.2 Å². The lowest BCUT2D eigenvalue weighted by molar-refractivity contribution is 0.0968. The molecule has 2 aliphatic heterocycles. The van der Waals surface area contributed by atoms with E-state index in [4.69, 9.17) is 4.74 Å². The molecule has 0 radical (unpaired) electrons. The lowest BCUT2D eigenvalue weighted by Crippen LogP contribution is -2.32. The van der Waals surface area contributed by atoms with Gasteiger partial charge in [-0.15, -0.1) is 0 Å². The second kappa shape index (κ2) is 24.1. The van der Waals surface area contributed by atoms with E-state index in [0.29, 0.717) is 6.04 Å². The lowest BCUT2D eigenvalue weighted by Gasteiger charge is -2.29. The Kier molecular flexibility index (Phi) is 22.4. The number of nitrogens with one attached hydrogen (secondary N) is 1. The quantitative estimate of drug-likeness (QED) is 0.232. The second-order valence-corrected chi connectivity index (χ2v) is 9.65. The molecule has 3 rings (SSSR count). The average Bonchev–Trinajstić information content (AvgIpc) is 3.02. The normalized spacial score (nSPS) is 17.0. The smallest absolute Gasteiger partial charge is 0.0519 e. The molecular weight excluding hydrogens is 488 g/mol. The van der Waals surface area contributed by atoms with Gasteiger partial charge in [0.2, 0.25) is 0 Å². The van der Waals surface area contributed by atoms with Gasteiger partial charge in [-0.3, -0.25) is 0 Å². The summed E-state index contributed by atoms with van der Waals surface area (Å²) >= 11 is 0. The van der Waals surface area contributed by atoms with E-state index in [1.807, 2.05) is 47.9 Å². The largest absolute Gasteiger partial charge is 0.383 e. The highest BCUT2D eigenvalue weighted by Gasteiger charge is 2.20. The van der Waals surface area contributed by atoms with E-state index in [1.54, 1.807) is 0 Å². The molecule has 0 saturated carbocycles. The monoisotopic (exact) mass is 550 g/mol. The van der Waals surface area contributed by atoms with E-state index >= 15 is 0 Å². The van der Waals surface area contributed by atoms with Gasteiger partial charge in [0.05, 0.1) is 6.04 Å². The first-order chi connectivity index (χ1) is 19.5. The number of ether oxygens (including phenoxy) is 1. The zero-order valence-corrected chi connectivity index (χ0v) is 27.4. The van der Waals surface area contributed by atoms with Crippen LogP contribution in [0.15, 0.2) is 84.6 Å². The van der Waals surface area contributed by atoms with Gasteiger partial charge in [0, 0.05) is 40.6 Å². The number of benzene rings is 1. The van der Waals surface area contributed by atoms with Crippen LogP contribution in [-0.2, 0) is 4.74 Å². The minimum atomic E-state index is 0. The number of allylic oxidation sites excluding steroid dienone is 7. The van der Waals surface area contributed by atoms with Gasteiger partial charge in [0.25, 0.3) is 0 Å². The van der Waals surface area contributed by atoms with Crippen LogP contribution in [0.1, 0.15) is 106 Å². The highest BCUT2D eigenvalue weighted by atomic mass is 16.5. The third-order valence-corrected chi connectivity index (χ3v) is 6.42. The number of nitrogens with zero attached hydrogens (tertiary/aromatic N) is 1. The van der Waals surface area contributed by atoms with Gasteiger partial charge < -0.3 is 15.0 Å². The minimum Gasteiger partial charge on any atom is -0.383 e. The third kappa shape index (κ3) is 14.0. The summed E-state index contributed by atoms with van der Waals surface area (Å²) in [6, 6.07) is 9.04. The van der Waals surface area contributed by atoms with Crippen molar-refractivity contribution >= 4 is 11.3 Å². The van der Waals surface area contributed by atoms with E-state index in [1.165, 1.54) is 66.5 Å². The molecule has 3 nitrogen and oxygen atoms in total. The van der Waals surface area contributed by atoms with Crippen molar-refractivity contribution < 1.29 is 6.16 Å². The Balaban J connectivity index is 0. The first-order valence-corrected chi connectivity index (χ1v) is 15.7. The van der Waals surface area contributed by atoms with Crippen molar-refractivity contribution in [1.29, 1.82) is 0 Å². The van der Waals surface area contributed by atoms with E-state index in [9.17, 15) is 0 Å². The highest BCUT2D eigenvalue weighted by molar-refractivity contribution is 5.77. The Morgan fingerprint density at radius 2 is 1.73 bits per heavy atom. The maximum Gasteiger partial charge on any atom is 0.0519 e. The predicted molar refractivity (Wildman–Crippen MR) is 183 cm³/mol. The highest BCUT2D eigenvalue weighted by Crippen LogP contribution is 2.29. The Bertz CT molecular complexity index is 953. The summed E-state index contributed by atoms with van der Waals surface area (Å²) in [5.74, 6) is 0. The molecule has 0 amide bonds. The Hall–Kier alpha value is -2.78. The summed E-state index contributed by atoms with van der Waals surface area (Å²) in [4.78, 5) is 2.06. The molecule has 1 aromatic rings. The van der Waals surface area contributed by atoms with Crippen molar-refractivity contribution in [3.63, 3.8) is 0 Å². The van der Waals surface area contributed by atoms with E-state index < -0.39 is 0 Å². The standard InChI is InChI=1S/C28H38N2.C5H10O.2C2H6.H2/c1-7-11-12-17-28-26(22(9-3)14-8-2)18-19-27(29-28)25-16-13-15-24(20-25)23(10-4)21-30(5)6;1-2-4-6-5-3-1;2*1-2;/h8-10,13-16,18-21,28-29H,4,7,11-12,17H2,1-3,5-6H3;1-5H2;2*1-2H3;1H/b14-8-,22-9+,23-21+;;;;. The summed E-state index contributed by atoms with van der Waals surface area (Å²) in [5, 5.41) is 3.84. The van der Waals surface area contributed by atoms with Crippen molar-refractivity contribution in [3.8, 4) is 0 Å². The van der Waals surface area contributed by atoms with Gasteiger partial charge in [-0.05, 0) is 79.5 Å². The number of hydrogen-bond donors (Lipinski definition) is 1. The fraction of sp³-hybridized carbons (Fsp3) is 0.514. The molecule has 1 N–H and O–H groups in total. The third-order valence-electron chi connectivity index (χ3n) is 6.42. The SMILES string of the molecule is C1CCOCC1.C=C/C(=C\N(C)C)c1cccc(C2=CC=C(C(/C=C\C)=C/C)C(CCCCC)N2)c1.CC.CC.[HH]. The zero-order valence-electron chi connectivity index (χ0n) is 27.4. The molecule has 0 bridgehead atoms. The van der Waals surface area contributed by atoms with Crippen LogP contribution in [0.25, 0.3) is 11.3 Å². The van der Waals surface area contributed by atoms with Gasteiger partial charge in [-0.1, -0.05) is 109 Å². The molecule has 226 valence electrons. The van der Waals surface area contributed by atoms with E-state index in [-0.39, 0.29) is 1.43 Å². The molecule has 1 aromatic carbocycles. The molecular formula is C37H62N2O. The fourth-order valence-corrected chi connectivity index (χ4v) is 4.52. The van der Waals surface area contributed by atoms with Crippen molar-refractivity contribution in [3.05, 3.63) is 95.8 Å². The summed E-state index contributed by atoms with van der Waals surface area (Å²) in [6.45, 7) is 20.5. The molecule has 0 spiro atoms. The molecule has 1 unspecified atom stereocenters. The molecule has 3 heteroatoms. The predicted octanol–water partition coefficient (Wildman–Crippen LogP) is 10.6. The van der Waals surface area contributed by atoms with Crippen molar-refractivity contribution in [2.75, 3.05) is 27.3 Å². The number of unbranched alkanes of at least 4 members (excludes halogenated alkanes) is 2. The van der Waals surface area contributed by atoms with Crippen LogP contribution < -0.4 is 5.32 Å². The molecule has 2 aliphatic rings. The summed E-state index contributed by atoms with van der Waals surface area (Å²) in [7, 11) is 4.07. The van der Waals surface area contributed by atoms with Gasteiger partial charge in [0.1, 0.15) is 0 Å². The molecule has 2 heterocycles. The second-order valence-electron chi connectivity index (χ2n) is 9.65. The molecule has 1 atom stereocenters. The molecule has 1 fully saturated rings. The van der Waals surface area contributed by atoms with Crippen molar-refractivity contribution in [2.24, 2.45) is 0 Å². The Morgan fingerprint density at radius 3 is 2.23 bits per heavy atom. The van der Waals surface area contributed by atoms with Crippen LogP contribution in [0, 0.1) is 0 Å². The van der Waals surface area contributed by atoms with Gasteiger partial charge in [0.15, 0.2) is 0 Å². The maximum atomic E-state index is 5.07. The molecule has 0 aliphatic carbocycles. The van der Waals surface area contributed by atoms with Crippen molar-refractivity contribution in [2.45, 2.75) is 99.5 Å². The lowest BCUT2D eigenvalue weighted by atomic mass is 9.89. The Labute approximate surface area is 250 Å². The first kappa shape index (κ1) is 37.2. The number of hydrogen-bond acceptors (Lipinski definition) is 3. The van der Waals surface area contributed by atoms with E-state index in [2.05, 4.69) is 98.4 Å².